The quantitative estimate of drug-likeness (QED) is 0.872. The first-order valence-corrected chi connectivity index (χ1v) is 6.67. The fraction of sp³-hybridized carbons (Fsp3) is 0.250. The number of nitrogens with two attached hydrogens (primary N) is 1. The van der Waals surface area contributed by atoms with Crippen LogP contribution in [0.5, 0.6) is 0 Å². The van der Waals surface area contributed by atoms with Crippen LogP contribution in [0.2, 0.25) is 0 Å². The Labute approximate surface area is 119 Å². The van der Waals surface area contributed by atoms with E-state index in [1.54, 1.807) is 12.4 Å². The highest BCUT2D eigenvalue weighted by Crippen LogP contribution is 2.12. The molecule has 1 amide bonds. The van der Waals surface area contributed by atoms with E-state index in [1.807, 2.05) is 43.3 Å². The average molecular weight is 269 g/mol. The zero-order valence-corrected chi connectivity index (χ0v) is 11.5. The van der Waals surface area contributed by atoms with E-state index in [0.29, 0.717) is 13.0 Å². The number of hydrogen-bond acceptors (Lipinski definition) is 3. The maximum absolute atomic E-state index is 12.1. The largest absolute Gasteiger partial charge is 0.349 e. The molecule has 0 aliphatic rings. The number of aromatic nitrogens is 1. The highest BCUT2D eigenvalue weighted by atomic mass is 16.1. The summed E-state index contributed by atoms with van der Waals surface area (Å²) in [5, 5.41) is 2.99. The summed E-state index contributed by atoms with van der Waals surface area (Å²) in [4.78, 5) is 16.1. The zero-order chi connectivity index (χ0) is 14.4. The molecule has 0 radical (unpaired) electrons. The molecule has 1 aromatic carbocycles. The van der Waals surface area contributed by atoms with Gasteiger partial charge in [0.2, 0.25) is 5.91 Å². The second-order valence-corrected chi connectivity index (χ2v) is 4.72. The van der Waals surface area contributed by atoms with E-state index in [2.05, 4.69) is 10.3 Å². The van der Waals surface area contributed by atoms with Gasteiger partial charge in [-0.3, -0.25) is 9.78 Å². The first-order chi connectivity index (χ1) is 9.70. The number of hydrogen-bond donors (Lipinski definition) is 2. The van der Waals surface area contributed by atoms with Gasteiger partial charge in [0.15, 0.2) is 0 Å². The molecule has 1 atom stereocenters. The predicted octanol–water partition coefficient (Wildman–Crippen LogP) is 1.96. The fourth-order valence-corrected chi connectivity index (χ4v) is 2.13. The molecule has 0 aliphatic carbocycles. The second kappa shape index (κ2) is 6.82. The van der Waals surface area contributed by atoms with Crippen LogP contribution < -0.4 is 11.1 Å². The van der Waals surface area contributed by atoms with Crippen molar-refractivity contribution in [1.29, 1.82) is 0 Å². The van der Waals surface area contributed by atoms with Gasteiger partial charge < -0.3 is 11.1 Å². The van der Waals surface area contributed by atoms with E-state index in [4.69, 9.17) is 5.73 Å². The lowest BCUT2D eigenvalue weighted by Gasteiger charge is -2.15. The Hall–Kier alpha value is -2.20. The molecule has 3 N–H and O–H groups in total. The number of carbonyl (C=O) groups is 1. The molecule has 0 bridgehead atoms. The van der Waals surface area contributed by atoms with Crippen LogP contribution in [0.3, 0.4) is 0 Å². The minimum absolute atomic E-state index is 0.00443. The van der Waals surface area contributed by atoms with Gasteiger partial charge in [-0.25, -0.2) is 0 Å². The van der Waals surface area contributed by atoms with Gasteiger partial charge in [-0.05, 0) is 35.7 Å². The van der Waals surface area contributed by atoms with Crippen LogP contribution in [0.25, 0.3) is 0 Å². The molecule has 0 saturated heterocycles. The summed E-state index contributed by atoms with van der Waals surface area (Å²) < 4.78 is 0. The van der Waals surface area contributed by atoms with Crippen molar-refractivity contribution < 1.29 is 4.79 Å². The van der Waals surface area contributed by atoms with Crippen LogP contribution in [-0.4, -0.2) is 10.9 Å². The van der Waals surface area contributed by atoms with Gasteiger partial charge in [0.25, 0.3) is 0 Å². The monoisotopic (exact) mass is 269 g/mol. The molecule has 4 nitrogen and oxygen atoms in total. The molecule has 2 rings (SSSR count). The van der Waals surface area contributed by atoms with Gasteiger partial charge in [-0.15, -0.1) is 0 Å². The lowest BCUT2D eigenvalue weighted by molar-refractivity contribution is -0.121. The predicted molar refractivity (Wildman–Crippen MR) is 78.8 cm³/mol. The van der Waals surface area contributed by atoms with Gasteiger partial charge in [-0.2, -0.15) is 0 Å². The third-order valence-corrected chi connectivity index (χ3v) is 3.27. The normalized spacial score (nSPS) is 11.9. The highest BCUT2D eigenvalue weighted by molar-refractivity contribution is 5.79. The molecular formula is C16H19N3O. The number of amides is 1. The number of rotatable bonds is 5. The molecule has 4 heteroatoms. The Morgan fingerprint density at radius 1 is 1.20 bits per heavy atom. The molecule has 1 heterocycles. The number of carbonyl (C=O) groups excluding carboxylic acids is 1. The van der Waals surface area contributed by atoms with Crippen molar-refractivity contribution in [2.45, 2.75) is 25.9 Å². The number of nitrogens with one attached hydrogen (secondary N) is 1. The third kappa shape index (κ3) is 3.65. The van der Waals surface area contributed by atoms with E-state index in [1.165, 1.54) is 0 Å². The van der Waals surface area contributed by atoms with Crippen LogP contribution in [0.15, 0.2) is 48.8 Å². The summed E-state index contributed by atoms with van der Waals surface area (Å²) in [6.45, 7) is 2.41. The summed E-state index contributed by atoms with van der Waals surface area (Å²) in [5.74, 6) is -0.00443. The molecule has 1 aromatic heterocycles. The second-order valence-electron chi connectivity index (χ2n) is 4.72. The zero-order valence-electron chi connectivity index (χ0n) is 11.5. The van der Waals surface area contributed by atoms with Crippen molar-refractivity contribution in [2.75, 3.05) is 0 Å². The number of benzene rings is 1. The van der Waals surface area contributed by atoms with Crippen LogP contribution in [0.4, 0.5) is 0 Å². The van der Waals surface area contributed by atoms with Crippen LogP contribution >= 0.6 is 0 Å². The van der Waals surface area contributed by atoms with Gasteiger partial charge in [0, 0.05) is 18.9 Å². The van der Waals surface area contributed by atoms with Gasteiger partial charge in [0.1, 0.15) is 0 Å². The van der Waals surface area contributed by atoms with E-state index in [-0.39, 0.29) is 11.9 Å². The van der Waals surface area contributed by atoms with Gasteiger partial charge in [0.05, 0.1) is 12.5 Å². The summed E-state index contributed by atoms with van der Waals surface area (Å²) >= 11 is 0. The highest BCUT2D eigenvalue weighted by Gasteiger charge is 2.11. The summed E-state index contributed by atoms with van der Waals surface area (Å²) in [6.07, 6.45) is 3.80. The Kier molecular flexibility index (Phi) is 4.85. The summed E-state index contributed by atoms with van der Waals surface area (Å²) in [6, 6.07) is 11.5. The third-order valence-electron chi connectivity index (χ3n) is 3.27. The Morgan fingerprint density at radius 3 is 2.50 bits per heavy atom. The van der Waals surface area contributed by atoms with Crippen molar-refractivity contribution in [1.82, 2.24) is 10.3 Å². The lowest BCUT2D eigenvalue weighted by atomic mass is 10.0. The molecule has 0 saturated carbocycles. The molecule has 20 heavy (non-hydrogen) atoms. The van der Waals surface area contributed by atoms with Crippen molar-refractivity contribution in [3.05, 3.63) is 65.5 Å². The standard InChI is InChI=1S/C16H19N3O/c1-12(13-6-8-18-9-7-13)19-16(20)10-14-4-2-3-5-15(14)11-17/h2-9,12H,10-11,17H2,1H3,(H,19,20). The first kappa shape index (κ1) is 14.2. The van der Waals surface area contributed by atoms with Crippen LogP contribution in [0.1, 0.15) is 29.7 Å². The SMILES string of the molecule is CC(NC(=O)Cc1ccccc1CN)c1ccncc1. The maximum atomic E-state index is 12.1. The molecule has 0 aliphatic heterocycles. The van der Waals surface area contributed by atoms with Gasteiger partial charge >= 0.3 is 0 Å². The lowest BCUT2D eigenvalue weighted by Crippen LogP contribution is -2.28. The van der Waals surface area contributed by atoms with E-state index in [0.717, 1.165) is 16.7 Å². The molecule has 0 fully saturated rings. The Morgan fingerprint density at radius 2 is 1.85 bits per heavy atom. The molecule has 104 valence electrons. The van der Waals surface area contributed by atoms with Gasteiger partial charge in [-0.1, -0.05) is 24.3 Å². The summed E-state index contributed by atoms with van der Waals surface area (Å²) in [5.41, 5.74) is 8.72. The molecule has 1 unspecified atom stereocenters. The fourth-order valence-electron chi connectivity index (χ4n) is 2.13. The van der Waals surface area contributed by atoms with E-state index < -0.39 is 0 Å². The first-order valence-electron chi connectivity index (χ1n) is 6.67. The minimum atomic E-state index is -0.0319. The van der Waals surface area contributed by atoms with Crippen molar-refractivity contribution in [3.63, 3.8) is 0 Å². The Balaban J connectivity index is 1.99. The maximum Gasteiger partial charge on any atom is 0.224 e. The Bertz CT molecular complexity index is 569. The molecule has 0 spiro atoms. The smallest absolute Gasteiger partial charge is 0.224 e. The van der Waals surface area contributed by atoms with Crippen molar-refractivity contribution in [2.24, 2.45) is 5.73 Å². The number of pyridine rings is 1. The average Bonchev–Trinajstić information content (AvgIpc) is 2.48. The van der Waals surface area contributed by atoms with Crippen molar-refractivity contribution in [3.8, 4) is 0 Å². The van der Waals surface area contributed by atoms with E-state index in [9.17, 15) is 4.79 Å². The van der Waals surface area contributed by atoms with E-state index >= 15 is 0 Å². The topological polar surface area (TPSA) is 68.0 Å². The molecular weight excluding hydrogens is 250 g/mol. The molecule has 2 aromatic rings. The van der Waals surface area contributed by atoms with Crippen molar-refractivity contribution >= 4 is 5.91 Å². The summed E-state index contributed by atoms with van der Waals surface area (Å²) in [7, 11) is 0. The van der Waals surface area contributed by atoms with Crippen LogP contribution in [-0.2, 0) is 17.8 Å². The minimum Gasteiger partial charge on any atom is -0.349 e. The van der Waals surface area contributed by atoms with Crippen LogP contribution in [0, 0.1) is 0 Å². The number of nitrogens with zero attached hydrogens (tertiary/aromatic N) is 1.